The van der Waals surface area contributed by atoms with Crippen LogP contribution in [-0.2, 0) is 0 Å². The van der Waals surface area contributed by atoms with Crippen LogP contribution in [0, 0.1) is 13.8 Å². The first-order valence-corrected chi connectivity index (χ1v) is 9.10. The van der Waals surface area contributed by atoms with Gasteiger partial charge in [-0.2, -0.15) is 0 Å². The number of ether oxygens (including phenoxy) is 2. The van der Waals surface area contributed by atoms with Crippen LogP contribution in [0.5, 0.6) is 28.7 Å². The molecule has 2 aromatic carbocycles. The molecule has 28 heavy (non-hydrogen) atoms. The fourth-order valence-corrected chi connectivity index (χ4v) is 3.18. The SMILES string of the molecule is C/C=C(\C)c1cc(O)c(C)c2c1Oc1c(C)c(O)cc(/C(C)=C/C)c1C(=O)O2. The zero-order valence-corrected chi connectivity index (χ0v) is 16.9. The van der Waals surface area contributed by atoms with Crippen LogP contribution in [-0.4, -0.2) is 16.2 Å². The molecular weight excluding hydrogens is 356 g/mol. The van der Waals surface area contributed by atoms with Gasteiger partial charge in [0.05, 0.1) is 0 Å². The number of phenolic OH excluding ortho intramolecular Hbond substituents is 2. The summed E-state index contributed by atoms with van der Waals surface area (Å²) in [6.45, 7) is 10.8. The lowest BCUT2D eigenvalue weighted by Crippen LogP contribution is -2.11. The molecule has 1 heterocycles. The molecule has 0 atom stereocenters. The van der Waals surface area contributed by atoms with Gasteiger partial charge in [-0.15, -0.1) is 0 Å². The Labute approximate surface area is 164 Å². The summed E-state index contributed by atoms with van der Waals surface area (Å²) < 4.78 is 11.9. The van der Waals surface area contributed by atoms with Crippen molar-refractivity contribution in [1.82, 2.24) is 0 Å². The fraction of sp³-hybridized carbons (Fsp3) is 0.261. The highest BCUT2D eigenvalue weighted by Crippen LogP contribution is 2.50. The molecular formula is C23H24O5. The predicted octanol–water partition coefficient (Wildman–Crippen LogP) is 5.89. The van der Waals surface area contributed by atoms with E-state index in [4.69, 9.17) is 9.47 Å². The van der Waals surface area contributed by atoms with Crippen LogP contribution in [0.3, 0.4) is 0 Å². The monoisotopic (exact) mass is 380 g/mol. The zero-order chi connectivity index (χ0) is 20.7. The van der Waals surface area contributed by atoms with Gasteiger partial charge < -0.3 is 19.7 Å². The summed E-state index contributed by atoms with van der Waals surface area (Å²) in [5, 5.41) is 20.8. The van der Waals surface area contributed by atoms with Gasteiger partial charge in [0, 0.05) is 16.7 Å². The fourth-order valence-electron chi connectivity index (χ4n) is 3.18. The number of phenols is 2. The molecule has 0 saturated heterocycles. The van der Waals surface area contributed by atoms with Crippen LogP contribution < -0.4 is 9.47 Å². The second kappa shape index (κ2) is 7.08. The number of allylic oxidation sites excluding steroid dienone is 4. The maximum absolute atomic E-state index is 13.1. The van der Waals surface area contributed by atoms with Crippen LogP contribution in [0.4, 0.5) is 0 Å². The van der Waals surface area contributed by atoms with E-state index < -0.39 is 5.97 Å². The number of fused-ring (bicyclic) bond motifs is 2. The number of benzene rings is 2. The van der Waals surface area contributed by atoms with Crippen LogP contribution in [0.25, 0.3) is 11.1 Å². The van der Waals surface area contributed by atoms with Gasteiger partial charge in [0.25, 0.3) is 0 Å². The van der Waals surface area contributed by atoms with Gasteiger partial charge in [0.15, 0.2) is 11.5 Å². The summed E-state index contributed by atoms with van der Waals surface area (Å²) in [7, 11) is 0. The third-order valence-electron chi connectivity index (χ3n) is 5.28. The van der Waals surface area contributed by atoms with E-state index in [9.17, 15) is 15.0 Å². The van der Waals surface area contributed by atoms with Crippen molar-refractivity contribution in [2.75, 3.05) is 0 Å². The van der Waals surface area contributed by atoms with Gasteiger partial charge in [0.1, 0.15) is 22.8 Å². The highest BCUT2D eigenvalue weighted by Gasteiger charge is 2.32. The van der Waals surface area contributed by atoms with E-state index >= 15 is 0 Å². The molecule has 0 aromatic heterocycles. The Hall–Kier alpha value is -3.21. The van der Waals surface area contributed by atoms with Crippen LogP contribution >= 0.6 is 0 Å². The van der Waals surface area contributed by atoms with Gasteiger partial charge >= 0.3 is 5.97 Å². The quantitative estimate of drug-likeness (QED) is 0.502. The van der Waals surface area contributed by atoms with Gasteiger partial charge in [0.2, 0.25) is 0 Å². The molecule has 2 N–H and O–H groups in total. The van der Waals surface area contributed by atoms with Gasteiger partial charge in [-0.3, -0.25) is 0 Å². The lowest BCUT2D eigenvalue weighted by molar-refractivity contribution is 0.0735. The Morgan fingerprint density at radius 3 is 1.89 bits per heavy atom. The normalized spacial score (nSPS) is 14.0. The molecule has 0 radical (unpaired) electrons. The number of rotatable bonds is 2. The van der Waals surface area contributed by atoms with Crippen molar-refractivity contribution in [1.29, 1.82) is 0 Å². The summed E-state index contributed by atoms with van der Waals surface area (Å²) in [6.07, 6.45) is 3.73. The summed E-state index contributed by atoms with van der Waals surface area (Å²) in [4.78, 5) is 13.1. The molecule has 0 spiro atoms. The average Bonchev–Trinajstić information content (AvgIpc) is 2.83. The van der Waals surface area contributed by atoms with Crippen molar-refractivity contribution in [2.24, 2.45) is 0 Å². The lowest BCUT2D eigenvalue weighted by atomic mass is 9.96. The first kappa shape index (κ1) is 19.5. The van der Waals surface area contributed by atoms with E-state index in [0.717, 1.165) is 11.1 Å². The van der Waals surface area contributed by atoms with Gasteiger partial charge in [-0.1, -0.05) is 12.2 Å². The van der Waals surface area contributed by atoms with Gasteiger partial charge in [-0.25, -0.2) is 4.79 Å². The topological polar surface area (TPSA) is 76.0 Å². The summed E-state index contributed by atoms with van der Waals surface area (Å²) >= 11 is 0. The molecule has 5 nitrogen and oxygen atoms in total. The Morgan fingerprint density at radius 1 is 0.821 bits per heavy atom. The minimum absolute atomic E-state index is 0.0155. The van der Waals surface area contributed by atoms with Crippen LogP contribution in [0.1, 0.15) is 60.3 Å². The van der Waals surface area contributed by atoms with Crippen molar-refractivity contribution < 1.29 is 24.5 Å². The molecule has 5 heteroatoms. The van der Waals surface area contributed by atoms with Crippen molar-refractivity contribution in [3.8, 4) is 28.7 Å². The maximum Gasteiger partial charge on any atom is 0.348 e. The zero-order valence-electron chi connectivity index (χ0n) is 16.9. The molecule has 1 aliphatic rings. The second-order valence-corrected chi connectivity index (χ2v) is 6.93. The predicted molar refractivity (Wildman–Crippen MR) is 109 cm³/mol. The third kappa shape index (κ3) is 2.93. The molecule has 3 rings (SSSR count). The van der Waals surface area contributed by atoms with Crippen molar-refractivity contribution in [2.45, 2.75) is 41.5 Å². The average molecular weight is 380 g/mol. The molecule has 0 bridgehead atoms. The highest BCUT2D eigenvalue weighted by molar-refractivity contribution is 6.02. The van der Waals surface area contributed by atoms with Crippen molar-refractivity contribution in [3.63, 3.8) is 0 Å². The van der Waals surface area contributed by atoms with Crippen LogP contribution in [0.2, 0.25) is 0 Å². The molecule has 0 unspecified atom stereocenters. The standard InChI is InChI=1S/C23H24O5/c1-7-11(3)15-9-17(24)13(5)20-19(15)23(26)28-21-14(6)18(25)10-16(12(4)8-2)22(21)27-20/h7-10,24-25H,1-6H3/b11-7+,12-8+. The number of esters is 1. The van der Waals surface area contributed by atoms with Crippen molar-refractivity contribution in [3.05, 3.63) is 52.1 Å². The molecule has 0 amide bonds. The number of aromatic hydroxyl groups is 2. The van der Waals surface area contributed by atoms with Crippen LogP contribution in [0.15, 0.2) is 24.3 Å². The minimum atomic E-state index is -0.592. The summed E-state index contributed by atoms with van der Waals surface area (Å²) in [5.41, 5.74) is 3.94. The molecule has 2 aromatic rings. The Balaban J connectivity index is 2.41. The minimum Gasteiger partial charge on any atom is -0.508 e. The highest BCUT2D eigenvalue weighted by atomic mass is 16.6. The molecule has 0 aliphatic carbocycles. The smallest absolute Gasteiger partial charge is 0.348 e. The van der Waals surface area contributed by atoms with Gasteiger partial charge in [-0.05, 0) is 70.4 Å². The Morgan fingerprint density at radius 2 is 1.32 bits per heavy atom. The van der Waals surface area contributed by atoms with E-state index in [0.29, 0.717) is 28.0 Å². The summed E-state index contributed by atoms with van der Waals surface area (Å²) in [6, 6.07) is 3.14. The van der Waals surface area contributed by atoms with E-state index in [1.54, 1.807) is 26.0 Å². The number of hydrogen-bond donors (Lipinski definition) is 2. The maximum atomic E-state index is 13.1. The van der Waals surface area contributed by atoms with E-state index in [1.165, 1.54) is 0 Å². The summed E-state index contributed by atoms with van der Waals surface area (Å²) in [5.74, 6) is 0.241. The van der Waals surface area contributed by atoms with E-state index in [2.05, 4.69) is 0 Å². The first-order valence-electron chi connectivity index (χ1n) is 9.10. The third-order valence-corrected chi connectivity index (χ3v) is 5.28. The number of carbonyl (C=O) groups excluding carboxylic acids is 1. The lowest BCUT2D eigenvalue weighted by Gasteiger charge is -2.17. The van der Waals surface area contributed by atoms with Crippen molar-refractivity contribution >= 4 is 17.1 Å². The Bertz CT molecular complexity index is 1060. The first-order chi connectivity index (χ1) is 13.2. The molecule has 0 saturated carbocycles. The molecule has 1 aliphatic heterocycles. The van der Waals surface area contributed by atoms with E-state index in [1.807, 2.05) is 39.8 Å². The largest absolute Gasteiger partial charge is 0.508 e. The number of hydrogen-bond acceptors (Lipinski definition) is 5. The molecule has 146 valence electrons. The second-order valence-electron chi connectivity index (χ2n) is 6.93. The Kier molecular flexibility index (Phi) is 4.94. The van der Waals surface area contributed by atoms with E-state index in [-0.39, 0.29) is 28.6 Å². The number of carbonyl (C=O) groups is 1. The molecule has 0 fully saturated rings.